The Balaban J connectivity index is 2.36. The minimum atomic E-state index is -4.62. The zero-order chi connectivity index (χ0) is 12.6. The Morgan fingerprint density at radius 1 is 1.35 bits per heavy atom. The van der Waals surface area contributed by atoms with Crippen molar-refractivity contribution in [2.45, 2.75) is 25.6 Å². The zero-order valence-corrected chi connectivity index (χ0v) is 8.83. The first-order chi connectivity index (χ1) is 7.89. The molecule has 92 valence electrons. The number of alkyl halides is 3. The van der Waals surface area contributed by atoms with Crippen molar-refractivity contribution in [1.29, 1.82) is 0 Å². The first-order valence-corrected chi connectivity index (χ1v) is 5.19. The third kappa shape index (κ3) is 2.57. The van der Waals surface area contributed by atoms with Gasteiger partial charge in [-0.3, -0.25) is 14.2 Å². The molecule has 0 atom stereocenters. The number of hydrogen-bond donors (Lipinski definition) is 0. The topological polar surface area (TPSA) is 39.1 Å². The average Bonchev–Trinajstić information content (AvgIpc) is 3.02. The fourth-order valence-electron chi connectivity index (χ4n) is 1.62. The number of rotatable bonds is 3. The second-order valence-corrected chi connectivity index (χ2v) is 4.07. The lowest BCUT2D eigenvalue weighted by Crippen LogP contribution is -2.30. The molecule has 3 nitrogen and oxygen atoms in total. The van der Waals surface area contributed by atoms with E-state index in [0.29, 0.717) is 17.4 Å². The van der Waals surface area contributed by atoms with Crippen LogP contribution in [0.15, 0.2) is 23.0 Å². The SMILES string of the molecule is O=C(Cn1c(C(F)(F)F)cccc1=O)C1CC1. The van der Waals surface area contributed by atoms with E-state index in [1.165, 1.54) is 0 Å². The van der Waals surface area contributed by atoms with E-state index < -0.39 is 24.0 Å². The number of carbonyl (C=O) groups excluding carboxylic acids is 1. The molecule has 0 N–H and O–H groups in total. The van der Waals surface area contributed by atoms with Crippen molar-refractivity contribution in [3.63, 3.8) is 0 Å². The Kier molecular flexibility index (Phi) is 2.81. The second kappa shape index (κ2) is 4.01. The molecule has 0 bridgehead atoms. The summed E-state index contributed by atoms with van der Waals surface area (Å²) in [5.74, 6) is -0.466. The van der Waals surface area contributed by atoms with Crippen molar-refractivity contribution in [1.82, 2.24) is 4.57 Å². The van der Waals surface area contributed by atoms with Crippen molar-refractivity contribution in [2.24, 2.45) is 5.92 Å². The molecule has 17 heavy (non-hydrogen) atoms. The summed E-state index contributed by atoms with van der Waals surface area (Å²) >= 11 is 0. The van der Waals surface area contributed by atoms with Crippen molar-refractivity contribution in [3.8, 4) is 0 Å². The number of Topliss-reactive ketones (excluding diaryl/α,β-unsaturated/α-hetero) is 1. The summed E-state index contributed by atoms with van der Waals surface area (Å²) in [7, 11) is 0. The van der Waals surface area contributed by atoms with Crippen molar-refractivity contribution in [3.05, 3.63) is 34.2 Å². The predicted molar refractivity (Wildman–Crippen MR) is 53.4 cm³/mol. The maximum Gasteiger partial charge on any atom is 0.431 e. The highest BCUT2D eigenvalue weighted by Crippen LogP contribution is 2.32. The van der Waals surface area contributed by atoms with Crippen molar-refractivity contribution < 1.29 is 18.0 Å². The molecular weight excluding hydrogens is 235 g/mol. The van der Waals surface area contributed by atoms with Crippen LogP contribution in [-0.2, 0) is 17.5 Å². The molecule has 0 saturated heterocycles. The lowest BCUT2D eigenvalue weighted by molar-refractivity contribution is -0.144. The molecule has 1 aromatic rings. The lowest BCUT2D eigenvalue weighted by Gasteiger charge is -2.14. The first kappa shape index (κ1) is 11.9. The number of aromatic nitrogens is 1. The van der Waals surface area contributed by atoms with Crippen LogP contribution in [0, 0.1) is 5.92 Å². The normalized spacial score (nSPS) is 15.9. The van der Waals surface area contributed by atoms with Gasteiger partial charge in [0.1, 0.15) is 5.69 Å². The summed E-state index contributed by atoms with van der Waals surface area (Å²) in [6, 6.07) is 2.88. The summed E-state index contributed by atoms with van der Waals surface area (Å²) in [6.07, 6.45) is -3.20. The largest absolute Gasteiger partial charge is 0.431 e. The van der Waals surface area contributed by atoms with Crippen LogP contribution in [-0.4, -0.2) is 10.4 Å². The van der Waals surface area contributed by atoms with Crippen molar-refractivity contribution >= 4 is 5.78 Å². The Morgan fingerprint density at radius 3 is 2.53 bits per heavy atom. The molecule has 1 aromatic heterocycles. The van der Waals surface area contributed by atoms with Gasteiger partial charge in [-0.25, -0.2) is 0 Å². The molecule has 1 saturated carbocycles. The third-order valence-electron chi connectivity index (χ3n) is 2.69. The van der Waals surface area contributed by atoms with Crippen LogP contribution in [0.3, 0.4) is 0 Å². The maximum absolute atomic E-state index is 12.6. The van der Waals surface area contributed by atoms with Crippen LogP contribution < -0.4 is 5.56 Å². The molecular formula is C11H10F3NO2. The van der Waals surface area contributed by atoms with Gasteiger partial charge in [-0.05, 0) is 18.9 Å². The molecule has 0 unspecified atom stereocenters. The van der Waals surface area contributed by atoms with Crippen LogP contribution in [0.4, 0.5) is 13.2 Å². The number of nitrogens with zero attached hydrogens (tertiary/aromatic N) is 1. The van der Waals surface area contributed by atoms with Gasteiger partial charge in [0.2, 0.25) is 0 Å². The van der Waals surface area contributed by atoms with E-state index in [1.807, 2.05) is 0 Å². The molecule has 0 amide bonds. The van der Waals surface area contributed by atoms with Gasteiger partial charge < -0.3 is 0 Å². The molecule has 1 aliphatic carbocycles. The van der Waals surface area contributed by atoms with Crippen molar-refractivity contribution in [2.75, 3.05) is 0 Å². The Hall–Kier alpha value is -1.59. The summed E-state index contributed by atoms with van der Waals surface area (Å²) in [6.45, 7) is -0.487. The molecule has 6 heteroatoms. The van der Waals surface area contributed by atoms with Gasteiger partial charge in [0.05, 0.1) is 6.54 Å². The maximum atomic E-state index is 12.6. The van der Waals surface area contributed by atoms with E-state index in [-0.39, 0.29) is 11.7 Å². The van der Waals surface area contributed by atoms with Gasteiger partial charge in [0.15, 0.2) is 5.78 Å². The van der Waals surface area contributed by atoms with E-state index in [4.69, 9.17) is 0 Å². The lowest BCUT2D eigenvalue weighted by atomic mass is 10.2. The third-order valence-corrected chi connectivity index (χ3v) is 2.69. The average molecular weight is 245 g/mol. The Morgan fingerprint density at radius 2 is 2.00 bits per heavy atom. The number of ketones is 1. The summed E-state index contributed by atoms with van der Waals surface area (Å²) in [5, 5.41) is 0. The van der Waals surface area contributed by atoms with Gasteiger partial charge in [0.25, 0.3) is 5.56 Å². The number of hydrogen-bond acceptors (Lipinski definition) is 2. The van der Waals surface area contributed by atoms with E-state index in [2.05, 4.69) is 0 Å². The van der Waals surface area contributed by atoms with Crippen LogP contribution in [0.1, 0.15) is 18.5 Å². The highest BCUT2D eigenvalue weighted by Gasteiger charge is 2.36. The molecule has 0 aliphatic heterocycles. The highest BCUT2D eigenvalue weighted by molar-refractivity contribution is 5.83. The number of halogens is 3. The highest BCUT2D eigenvalue weighted by atomic mass is 19.4. The first-order valence-electron chi connectivity index (χ1n) is 5.19. The summed E-state index contributed by atoms with van der Waals surface area (Å²) < 4.78 is 38.4. The van der Waals surface area contributed by atoms with E-state index in [1.54, 1.807) is 0 Å². The summed E-state index contributed by atoms with van der Waals surface area (Å²) in [5.41, 5.74) is -1.87. The van der Waals surface area contributed by atoms with Crippen LogP contribution >= 0.6 is 0 Å². The molecule has 0 aromatic carbocycles. The molecule has 1 heterocycles. The molecule has 2 rings (SSSR count). The van der Waals surface area contributed by atoms with Gasteiger partial charge in [-0.15, -0.1) is 0 Å². The van der Waals surface area contributed by atoms with Gasteiger partial charge >= 0.3 is 6.18 Å². The van der Waals surface area contributed by atoms with E-state index >= 15 is 0 Å². The van der Waals surface area contributed by atoms with E-state index in [0.717, 1.165) is 18.2 Å². The monoisotopic (exact) mass is 245 g/mol. The van der Waals surface area contributed by atoms with Crippen LogP contribution in [0.25, 0.3) is 0 Å². The quantitative estimate of drug-likeness (QED) is 0.815. The zero-order valence-electron chi connectivity index (χ0n) is 8.83. The Bertz CT molecular complexity index is 500. The number of carbonyl (C=O) groups is 1. The minimum Gasteiger partial charge on any atom is -0.297 e. The molecule has 1 fully saturated rings. The van der Waals surface area contributed by atoms with Gasteiger partial charge in [-0.2, -0.15) is 13.2 Å². The van der Waals surface area contributed by atoms with E-state index in [9.17, 15) is 22.8 Å². The van der Waals surface area contributed by atoms with Gasteiger partial charge in [-0.1, -0.05) is 6.07 Å². The second-order valence-electron chi connectivity index (χ2n) is 4.07. The van der Waals surface area contributed by atoms with Gasteiger partial charge in [0, 0.05) is 12.0 Å². The van der Waals surface area contributed by atoms with Crippen LogP contribution in [0.2, 0.25) is 0 Å². The predicted octanol–water partition coefficient (Wildman–Crippen LogP) is 1.85. The fraction of sp³-hybridized carbons (Fsp3) is 0.455. The number of pyridine rings is 1. The molecule has 1 aliphatic rings. The smallest absolute Gasteiger partial charge is 0.297 e. The standard InChI is InChI=1S/C11H10F3NO2/c12-11(13,14)9-2-1-3-10(17)15(9)6-8(16)7-4-5-7/h1-3,7H,4-6H2. The molecule has 0 spiro atoms. The Labute approximate surface area is 94.9 Å². The van der Waals surface area contributed by atoms with Crippen LogP contribution in [0.5, 0.6) is 0 Å². The molecule has 0 radical (unpaired) electrons. The fourth-order valence-corrected chi connectivity index (χ4v) is 1.62. The minimum absolute atomic E-state index is 0.164. The summed E-state index contributed by atoms with van der Waals surface area (Å²) in [4.78, 5) is 22.9.